The maximum atomic E-state index is 12.3. The zero-order valence-electron chi connectivity index (χ0n) is 9.98. The maximum absolute atomic E-state index is 12.3. The highest BCUT2D eigenvalue weighted by Crippen LogP contribution is 2.30. The highest BCUT2D eigenvalue weighted by atomic mass is 32.2. The van der Waals surface area contributed by atoms with Gasteiger partial charge in [-0.1, -0.05) is 0 Å². The summed E-state index contributed by atoms with van der Waals surface area (Å²) in [6.45, 7) is 0.419. The summed E-state index contributed by atoms with van der Waals surface area (Å²) in [7, 11) is -5.29. The summed E-state index contributed by atoms with van der Waals surface area (Å²) in [4.78, 5) is -0.779. The first-order valence-electron chi connectivity index (χ1n) is 5.43. The first-order chi connectivity index (χ1) is 9.30. The average molecular weight is 305 g/mol. The number of hydrogen-bond donors (Lipinski definition) is 2. The van der Waals surface area contributed by atoms with Gasteiger partial charge < -0.3 is 5.32 Å². The summed E-state index contributed by atoms with van der Waals surface area (Å²) < 4.78 is 59.3. The summed E-state index contributed by atoms with van der Waals surface area (Å²) in [5, 5.41) is 9.28. The number of hydrogen-bond acceptors (Lipinski definition) is 4. The number of sulfone groups is 1. The van der Waals surface area contributed by atoms with Crippen LogP contribution in [-0.2, 0) is 16.4 Å². The van der Waals surface area contributed by atoms with Gasteiger partial charge in [-0.05, 0) is 24.3 Å². The lowest BCUT2D eigenvalue weighted by Gasteiger charge is -2.09. The van der Waals surface area contributed by atoms with Crippen LogP contribution in [0.4, 0.5) is 18.9 Å². The fourth-order valence-electron chi connectivity index (χ4n) is 1.46. The molecule has 0 bridgehead atoms. The van der Waals surface area contributed by atoms with Crippen molar-refractivity contribution in [3.05, 3.63) is 42.2 Å². The Labute approximate surface area is 112 Å². The minimum absolute atomic E-state index is 0.419. The average Bonchev–Trinajstić information content (AvgIpc) is 2.88. The van der Waals surface area contributed by atoms with Gasteiger partial charge in [0.1, 0.15) is 0 Å². The molecule has 0 aliphatic heterocycles. The minimum Gasteiger partial charge on any atom is -0.381 e. The normalized spacial score (nSPS) is 12.3. The predicted octanol–water partition coefficient (Wildman–Crippen LogP) is 2.32. The summed E-state index contributed by atoms with van der Waals surface area (Å²) in [5.41, 5.74) is -3.93. The molecule has 0 spiro atoms. The van der Waals surface area contributed by atoms with E-state index in [1.54, 1.807) is 12.4 Å². The smallest absolute Gasteiger partial charge is 0.381 e. The number of nitrogens with one attached hydrogen (secondary N) is 2. The van der Waals surface area contributed by atoms with Gasteiger partial charge in [0, 0.05) is 24.0 Å². The molecule has 5 nitrogen and oxygen atoms in total. The van der Waals surface area contributed by atoms with Gasteiger partial charge in [-0.2, -0.15) is 18.3 Å². The molecule has 0 fully saturated rings. The highest BCUT2D eigenvalue weighted by Gasteiger charge is 2.46. The molecule has 0 unspecified atom stereocenters. The van der Waals surface area contributed by atoms with Crippen molar-refractivity contribution >= 4 is 15.5 Å². The van der Waals surface area contributed by atoms with E-state index in [1.807, 2.05) is 0 Å². The third-order valence-corrected chi connectivity index (χ3v) is 4.02. The second kappa shape index (κ2) is 5.16. The molecule has 0 amide bonds. The van der Waals surface area contributed by atoms with Crippen LogP contribution in [0.25, 0.3) is 0 Å². The van der Waals surface area contributed by atoms with E-state index < -0.39 is 20.2 Å². The number of alkyl halides is 3. The molecule has 2 rings (SSSR count). The number of rotatable bonds is 4. The van der Waals surface area contributed by atoms with Crippen LogP contribution >= 0.6 is 0 Å². The number of halogens is 3. The van der Waals surface area contributed by atoms with Crippen molar-refractivity contribution in [2.24, 2.45) is 0 Å². The number of nitrogens with zero attached hydrogens (tertiary/aromatic N) is 1. The Morgan fingerprint density at radius 1 is 1.20 bits per heavy atom. The molecule has 1 aromatic heterocycles. The monoisotopic (exact) mass is 305 g/mol. The van der Waals surface area contributed by atoms with E-state index in [9.17, 15) is 21.6 Å². The van der Waals surface area contributed by atoms with Crippen molar-refractivity contribution in [2.45, 2.75) is 16.9 Å². The second-order valence-electron chi connectivity index (χ2n) is 3.93. The van der Waals surface area contributed by atoms with Crippen molar-refractivity contribution in [3.63, 3.8) is 0 Å². The van der Waals surface area contributed by atoms with Gasteiger partial charge in [0.05, 0.1) is 11.1 Å². The molecule has 9 heteroatoms. The van der Waals surface area contributed by atoms with Crippen LogP contribution in [0.1, 0.15) is 5.56 Å². The van der Waals surface area contributed by atoms with E-state index in [0.29, 0.717) is 12.2 Å². The van der Waals surface area contributed by atoms with Crippen LogP contribution in [0.15, 0.2) is 41.6 Å². The molecule has 108 valence electrons. The lowest BCUT2D eigenvalue weighted by molar-refractivity contribution is -0.0436. The molecular weight excluding hydrogens is 295 g/mol. The number of aromatic nitrogens is 2. The van der Waals surface area contributed by atoms with E-state index in [1.165, 1.54) is 12.1 Å². The lowest BCUT2D eigenvalue weighted by atomic mass is 10.3. The zero-order chi connectivity index (χ0) is 14.8. The van der Waals surface area contributed by atoms with Gasteiger partial charge in [-0.25, -0.2) is 8.42 Å². The summed E-state index contributed by atoms with van der Waals surface area (Å²) in [6.07, 6.45) is 3.25. The maximum Gasteiger partial charge on any atom is 0.501 e. The molecule has 20 heavy (non-hydrogen) atoms. The topological polar surface area (TPSA) is 74.8 Å². The first kappa shape index (κ1) is 14.4. The molecule has 2 aromatic rings. The third-order valence-electron chi connectivity index (χ3n) is 2.52. The molecule has 1 heterocycles. The summed E-state index contributed by atoms with van der Waals surface area (Å²) in [5.74, 6) is 0. The van der Waals surface area contributed by atoms with E-state index in [-0.39, 0.29) is 0 Å². The molecule has 1 aromatic carbocycles. The Hall–Kier alpha value is -2.03. The van der Waals surface area contributed by atoms with E-state index in [2.05, 4.69) is 15.5 Å². The van der Waals surface area contributed by atoms with Crippen LogP contribution in [0.3, 0.4) is 0 Å². The molecule has 0 radical (unpaired) electrons. The molecular formula is C11H10F3N3O2S. The Bertz CT molecular complexity index is 664. The second-order valence-corrected chi connectivity index (χ2v) is 5.87. The van der Waals surface area contributed by atoms with Gasteiger partial charge in [0.2, 0.25) is 0 Å². The van der Waals surface area contributed by atoms with Crippen molar-refractivity contribution in [1.82, 2.24) is 10.2 Å². The minimum atomic E-state index is -5.29. The predicted molar refractivity (Wildman–Crippen MR) is 65.6 cm³/mol. The van der Waals surface area contributed by atoms with Crippen LogP contribution in [0.5, 0.6) is 0 Å². The van der Waals surface area contributed by atoms with E-state index >= 15 is 0 Å². The highest BCUT2D eigenvalue weighted by molar-refractivity contribution is 7.92. The van der Waals surface area contributed by atoms with Crippen molar-refractivity contribution < 1.29 is 21.6 Å². The van der Waals surface area contributed by atoms with Gasteiger partial charge >= 0.3 is 5.51 Å². The Balaban J connectivity index is 2.11. The Morgan fingerprint density at radius 2 is 1.85 bits per heavy atom. The molecule has 0 saturated carbocycles. The number of aromatic amines is 1. The third kappa shape index (κ3) is 2.93. The SMILES string of the molecule is O=S(=O)(c1ccc(NCc2cn[nH]c2)cc1)C(F)(F)F. The van der Waals surface area contributed by atoms with Crippen LogP contribution in [-0.4, -0.2) is 24.1 Å². The first-order valence-corrected chi connectivity index (χ1v) is 6.92. The Kier molecular flexibility index (Phi) is 3.71. The fraction of sp³-hybridized carbons (Fsp3) is 0.182. The molecule has 0 atom stereocenters. The van der Waals surface area contributed by atoms with Gasteiger partial charge in [0.25, 0.3) is 9.84 Å². The standard InChI is InChI=1S/C11H10F3N3O2S/c12-11(13,14)20(18,19)10-3-1-9(2-4-10)15-5-8-6-16-17-7-8/h1-4,6-7,15H,5H2,(H,16,17). The van der Waals surface area contributed by atoms with Gasteiger partial charge in [-0.3, -0.25) is 5.10 Å². The van der Waals surface area contributed by atoms with E-state index in [4.69, 9.17) is 0 Å². The summed E-state index contributed by atoms with van der Waals surface area (Å²) >= 11 is 0. The van der Waals surface area contributed by atoms with Crippen LogP contribution in [0, 0.1) is 0 Å². The number of benzene rings is 1. The Morgan fingerprint density at radius 3 is 2.35 bits per heavy atom. The summed E-state index contributed by atoms with van der Waals surface area (Å²) in [6, 6.07) is 4.39. The van der Waals surface area contributed by atoms with E-state index in [0.717, 1.165) is 17.7 Å². The lowest BCUT2D eigenvalue weighted by Crippen LogP contribution is -2.23. The van der Waals surface area contributed by atoms with Gasteiger partial charge in [0.15, 0.2) is 0 Å². The van der Waals surface area contributed by atoms with Crippen LogP contribution < -0.4 is 5.32 Å². The fourth-order valence-corrected chi connectivity index (χ4v) is 2.23. The molecule has 0 saturated heterocycles. The number of H-pyrrole nitrogens is 1. The van der Waals surface area contributed by atoms with Crippen molar-refractivity contribution in [3.8, 4) is 0 Å². The van der Waals surface area contributed by atoms with Crippen molar-refractivity contribution in [1.29, 1.82) is 0 Å². The molecule has 0 aliphatic rings. The number of anilines is 1. The zero-order valence-corrected chi connectivity index (χ0v) is 10.8. The molecule has 2 N–H and O–H groups in total. The van der Waals surface area contributed by atoms with Crippen LogP contribution in [0.2, 0.25) is 0 Å². The van der Waals surface area contributed by atoms with Gasteiger partial charge in [-0.15, -0.1) is 0 Å². The molecule has 0 aliphatic carbocycles. The quantitative estimate of drug-likeness (QED) is 0.909. The largest absolute Gasteiger partial charge is 0.501 e. The van der Waals surface area contributed by atoms with Crippen molar-refractivity contribution in [2.75, 3.05) is 5.32 Å².